The van der Waals surface area contributed by atoms with Crippen LogP contribution in [0.2, 0.25) is 0 Å². The van der Waals surface area contributed by atoms with E-state index in [1.807, 2.05) is 0 Å². The van der Waals surface area contributed by atoms with Crippen molar-refractivity contribution in [1.82, 2.24) is 9.97 Å². The summed E-state index contributed by atoms with van der Waals surface area (Å²) < 4.78 is 30.9. The molecule has 1 saturated heterocycles. The third kappa shape index (κ3) is 4.73. The molecule has 8 nitrogen and oxygen atoms in total. The van der Waals surface area contributed by atoms with E-state index in [2.05, 4.69) is 15.3 Å². The summed E-state index contributed by atoms with van der Waals surface area (Å²) in [6.07, 6.45) is 2.62. The van der Waals surface area contributed by atoms with Crippen molar-refractivity contribution in [3.63, 3.8) is 0 Å². The van der Waals surface area contributed by atoms with Crippen molar-refractivity contribution in [2.45, 2.75) is 23.0 Å². The SMILES string of the molecule is O=C(O)c1ccc(Nc2nccc(-c3ccc(S(=O)(=O)C4CCOCC4)cc3)n2)cc1. The topological polar surface area (TPSA) is 118 Å². The van der Waals surface area contributed by atoms with E-state index < -0.39 is 21.1 Å². The Morgan fingerprint density at radius 3 is 2.32 bits per heavy atom. The van der Waals surface area contributed by atoms with Crippen LogP contribution in [0.25, 0.3) is 11.3 Å². The van der Waals surface area contributed by atoms with Crippen LogP contribution in [0.1, 0.15) is 23.2 Å². The number of aromatic carboxylic acids is 1. The maximum atomic E-state index is 12.8. The zero-order valence-corrected chi connectivity index (χ0v) is 17.4. The number of hydrogen-bond acceptors (Lipinski definition) is 7. The highest BCUT2D eigenvalue weighted by molar-refractivity contribution is 7.92. The fourth-order valence-electron chi connectivity index (χ4n) is 3.40. The Kier molecular flexibility index (Phi) is 5.97. The number of sulfone groups is 1. The second-order valence-electron chi connectivity index (χ2n) is 7.15. The Hall–Kier alpha value is -3.30. The Bertz CT molecular complexity index is 1170. The van der Waals surface area contributed by atoms with Crippen molar-refractivity contribution in [2.24, 2.45) is 0 Å². The van der Waals surface area contributed by atoms with Gasteiger partial charge in [0.05, 0.1) is 21.4 Å². The van der Waals surface area contributed by atoms with Crippen molar-refractivity contribution in [3.8, 4) is 11.3 Å². The van der Waals surface area contributed by atoms with Crippen LogP contribution in [-0.2, 0) is 14.6 Å². The van der Waals surface area contributed by atoms with E-state index in [0.717, 1.165) is 5.56 Å². The number of nitrogens with one attached hydrogen (secondary N) is 1. The van der Waals surface area contributed by atoms with Gasteiger partial charge in [0, 0.05) is 30.7 Å². The average molecular weight is 439 g/mol. The maximum Gasteiger partial charge on any atom is 0.335 e. The summed E-state index contributed by atoms with van der Waals surface area (Å²) in [5.74, 6) is -0.647. The lowest BCUT2D eigenvalue weighted by Gasteiger charge is -2.22. The first kappa shape index (κ1) is 21.0. The highest BCUT2D eigenvalue weighted by Crippen LogP contribution is 2.26. The van der Waals surface area contributed by atoms with Crippen LogP contribution in [0, 0.1) is 0 Å². The maximum absolute atomic E-state index is 12.8. The van der Waals surface area contributed by atoms with Crippen LogP contribution < -0.4 is 5.32 Å². The lowest BCUT2D eigenvalue weighted by molar-refractivity contribution is 0.0697. The van der Waals surface area contributed by atoms with Gasteiger partial charge in [-0.3, -0.25) is 0 Å². The lowest BCUT2D eigenvalue weighted by Crippen LogP contribution is -2.28. The first-order valence-corrected chi connectivity index (χ1v) is 11.3. The summed E-state index contributed by atoms with van der Waals surface area (Å²) in [5.41, 5.74) is 2.24. The number of ether oxygens (including phenoxy) is 1. The van der Waals surface area contributed by atoms with E-state index in [-0.39, 0.29) is 5.56 Å². The summed E-state index contributed by atoms with van der Waals surface area (Å²) in [5, 5.41) is 11.6. The largest absolute Gasteiger partial charge is 0.478 e. The molecule has 1 aliphatic heterocycles. The van der Waals surface area contributed by atoms with Gasteiger partial charge in [-0.15, -0.1) is 0 Å². The van der Waals surface area contributed by atoms with Crippen LogP contribution in [-0.4, -0.2) is 47.9 Å². The predicted molar refractivity (Wildman–Crippen MR) is 115 cm³/mol. The zero-order chi connectivity index (χ0) is 21.8. The standard InChI is InChI=1S/C22H21N3O5S/c26-21(27)16-1-5-17(6-2-16)24-22-23-12-9-20(25-22)15-3-7-18(8-4-15)31(28,29)19-10-13-30-14-11-19/h1-9,12,19H,10-11,13-14H2,(H,26,27)(H,23,24,25). The van der Waals surface area contributed by atoms with Crippen molar-refractivity contribution in [1.29, 1.82) is 0 Å². The number of carbonyl (C=O) groups is 1. The van der Waals surface area contributed by atoms with Crippen LogP contribution >= 0.6 is 0 Å². The fourth-order valence-corrected chi connectivity index (χ4v) is 5.11. The van der Waals surface area contributed by atoms with E-state index >= 15 is 0 Å². The van der Waals surface area contributed by atoms with E-state index in [1.54, 1.807) is 48.7 Å². The van der Waals surface area contributed by atoms with Gasteiger partial charge in [0.25, 0.3) is 0 Å². The second-order valence-corrected chi connectivity index (χ2v) is 9.38. The number of carboxylic acids is 1. The van der Waals surface area contributed by atoms with Crippen LogP contribution in [0.3, 0.4) is 0 Å². The third-order valence-electron chi connectivity index (χ3n) is 5.13. The molecule has 3 aromatic rings. The zero-order valence-electron chi connectivity index (χ0n) is 16.6. The highest BCUT2D eigenvalue weighted by Gasteiger charge is 2.29. The minimum absolute atomic E-state index is 0.191. The number of aromatic nitrogens is 2. The number of rotatable bonds is 6. The van der Waals surface area contributed by atoms with Gasteiger partial charge in [0.15, 0.2) is 9.84 Å². The van der Waals surface area contributed by atoms with Crippen LogP contribution in [0.4, 0.5) is 11.6 Å². The molecule has 0 amide bonds. The van der Waals surface area contributed by atoms with Crippen molar-refractivity contribution in [3.05, 3.63) is 66.4 Å². The quantitative estimate of drug-likeness (QED) is 0.599. The van der Waals surface area contributed by atoms with Crippen molar-refractivity contribution < 1.29 is 23.1 Å². The molecule has 1 aliphatic rings. The molecule has 2 N–H and O–H groups in total. The molecule has 9 heteroatoms. The van der Waals surface area contributed by atoms with Gasteiger partial charge in [0.2, 0.25) is 5.95 Å². The van der Waals surface area contributed by atoms with Crippen molar-refractivity contribution in [2.75, 3.05) is 18.5 Å². The van der Waals surface area contributed by atoms with E-state index in [1.165, 1.54) is 12.1 Å². The highest BCUT2D eigenvalue weighted by atomic mass is 32.2. The molecule has 0 saturated carbocycles. The van der Waals surface area contributed by atoms with E-state index in [9.17, 15) is 13.2 Å². The number of carboxylic acid groups (broad SMARTS) is 1. The molecule has 1 aromatic heterocycles. The van der Waals surface area contributed by atoms with E-state index in [4.69, 9.17) is 9.84 Å². The molecule has 0 unspecified atom stereocenters. The Balaban J connectivity index is 1.51. The summed E-state index contributed by atoms with van der Waals surface area (Å²) in [6, 6.07) is 14.7. The molecule has 2 aromatic carbocycles. The average Bonchev–Trinajstić information content (AvgIpc) is 2.80. The summed E-state index contributed by atoms with van der Waals surface area (Å²) in [4.78, 5) is 19.9. The minimum atomic E-state index is -3.39. The molecule has 1 fully saturated rings. The summed E-state index contributed by atoms with van der Waals surface area (Å²) >= 11 is 0. The number of anilines is 2. The molecule has 4 rings (SSSR count). The van der Waals surface area contributed by atoms with Crippen LogP contribution in [0.5, 0.6) is 0 Å². The van der Waals surface area contributed by atoms with Gasteiger partial charge in [-0.2, -0.15) is 0 Å². The Morgan fingerprint density at radius 1 is 1.00 bits per heavy atom. The normalized spacial score (nSPS) is 14.8. The molecule has 0 bridgehead atoms. The Labute approximate surface area is 179 Å². The van der Waals surface area contributed by atoms with Gasteiger partial charge in [-0.05, 0) is 55.3 Å². The first-order valence-electron chi connectivity index (χ1n) is 9.79. The molecule has 0 aliphatic carbocycles. The van der Waals surface area contributed by atoms with Gasteiger partial charge in [-0.1, -0.05) is 12.1 Å². The summed E-state index contributed by atoms with van der Waals surface area (Å²) in [6.45, 7) is 0.940. The second kappa shape index (κ2) is 8.83. The summed E-state index contributed by atoms with van der Waals surface area (Å²) in [7, 11) is -3.39. The molecule has 31 heavy (non-hydrogen) atoms. The predicted octanol–water partition coefficient (Wildman–Crippen LogP) is 3.54. The molecular formula is C22H21N3O5S. The number of benzene rings is 2. The Morgan fingerprint density at radius 2 is 1.68 bits per heavy atom. The lowest BCUT2D eigenvalue weighted by atomic mass is 10.1. The molecule has 160 valence electrons. The fraction of sp³-hybridized carbons (Fsp3) is 0.227. The number of hydrogen-bond donors (Lipinski definition) is 2. The van der Waals surface area contributed by atoms with E-state index in [0.29, 0.717) is 48.3 Å². The van der Waals surface area contributed by atoms with Gasteiger partial charge < -0.3 is 15.2 Å². The molecule has 0 atom stereocenters. The molecular weight excluding hydrogens is 418 g/mol. The first-order chi connectivity index (χ1) is 14.9. The van der Waals surface area contributed by atoms with Gasteiger partial charge >= 0.3 is 5.97 Å². The molecule has 0 radical (unpaired) electrons. The molecule has 0 spiro atoms. The molecule has 2 heterocycles. The van der Waals surface area contributed by atoms with Crippen LogP contribution in [0.15, 0.2) is 65.7 Å². The third-order valence-corrected chi connectivity index (χ3v) is 7.41. The minimum Gasteiger partial charge on any atom is -0.478 e. The van der Waals surface area contributed by atoms with Gasteiger partial charge in [0.1, 0.15) is 0 Å². The number of nitrogens with zero attached hydrogens (tertiary/aromatic N) is 2. The van der Waals surface area contributed by atoms with Crippen molar-refractivity contribution >= 4 is 27.4 Å². The monoisotopic (exact) mass is 439 g/mol. The smallest absolute Gasteiger partial charge is 0.335 e. The van der Waals surface area contributed by atoms with Gasteiger partial charge in [-0.25, -0.2) is 23.2 Å².